The van der Waals surface area contributed by atoms with Gasteiger partial charge in [0, 0.05) is 46.4 Å². The van der Waals surface area contributed by atoms with Crippen LogP contribution < -0.4 is 16.4 Å². The summed E-state index contributed by atoms with van der Waals surface area (Å²) in [6.45, 7) is 7.21. The lowest BCUT2D eigenvalue weighted by atomic mass is 9.93. The number of hydrogen-bond donors (Lipinski definition) is 3. The summed E-state index contributed by atoms with van der Waals surface area (Å²) in [6, 6.07) is 0. The van der Waals surface area contributed by atoms with Crippen molar-refractivity contribution in [2.45, 2.75) is 33.6 Å². The summed E-state index contributed by atoms with van der Waals surface area (Å²) < 4.78 is 0. The molecule has 7 heteroatoms. The minimum atomic E-state index is -0.194. The lowest BCUT2D eigenvalue weighted by Crippen LogP contribution is -2.40. The highest BCUT2D eigenvalue weighted by molar-refractivity contribution is 5.83. The maximum Gasteiger partial charge on any atom is 0.222 e. The van der Waals surface area contributed by atoms with Gasteiger partial charge in [0.2, 0.25) is 17.7 Å². The van der Waals surface area contributed by atoms with Gasteiger partial charge in [-0.1, -0.05) is 13.8 Å². The second kappa shape index (κ2) is 9.33. The van der Waals surface area contributed by atoms with Crippen molar-refractivity contribution in [2.75, 3.05) is 33.2 Å². The van der Waals surface area contributed by atoms with Crippen molar-refractivity contribution in [3.63, 3.8) is 0 Å². The molecule has 0 rings (SSSR count). The first kappa shape index (κ1) is 19.4. The Morgan fingerprint density at radius 2 is 1.67 bits per heavy atom. The first-order chi connectivity index (χ1) is 9.68. The van der Waals surface area contributed by atoms with Crippen LogP contribution in [-0.2, 0) is 14.4 Å². The number of carbonyl (C=O) groups excluding carboxylic acids is 3. The maximum atomic E-state index is 11.9. The zero-order valence-corrected chi connectivity index (χ0v) is 13.5. The van der Waals surface area contributed by atoms with Crippen molar-refractivity contribution in [1.82, 2.24) is 15.5 Å². The van der Waals surface area contributed by atoms with Gasteiger partial charge < -0.3 is 21.3 Å². The van der Waals surface area contributed by atoms with E-state index in [1.807, 2.05) is 13.8 Å². The minimum absolute atomic E-state index is 0.0754. The topological polar surface area (TPSA) is 105 Å². The van der Waals surface area contributed by atoms with Gasteiger partial charge in [0.1, 0.15) is 0 Å². The molecule has 0 saturated heterocycles. The quantitative estimate of drug-likeness (QED) is 0.497. The number of amides is 3. The van der Waals surface area contributed by atoms with Gasteiger partial charge in [-0.15, -0.1) is 0 Å². The van der Waals surface area contributed by atoms with E-state index in [-0.39, 0.29) is 36.0 Å². The molecule has 0 radical (unpaired) electrons. The Balaban J connectivity index is 3.91. The highest BCUT2D eigenvalue weighted by Gasteiger charge is 2.21. The molecule has 0 unspecified atom stereocenters. The number of nitrogens with zero attached hydrogens (tertiary/aromatic N) is 1. The number of hydrogen-bond acceptors (Lipinski definition) is 4. The standard InChI is InChI=1S/C14H28N4O3/c1-11(19)16-7-8-17-12(20)5-6-13(21)18(4)10-14(2,3)9-15/h5-10,15H2,1-4H3,(H,16,19)(H,17,20). The van der Waals surface area contributed by atoms with Crippen LogP contribution in [0.4, 0.5) is 0 Å². The monoisotopic (exact) mass is 300 g/mol. The second-order valence-corrected chi connectivity index (χ2v) is 5.95. The van der Waals surface area contributed by atoms with Crippen LogP contribution in [0.3, 0.4) is 0 Å². The summed E-state index contributed by atoms with van der Waals surface area (Å²) in [5.74, 6) is -0.405. The molecule has 0 heterocycles. The Kier molecular flexibility index (Phi) is 8.61. The SMILES string of the molecule is CC(=O)NCCNC(=O)CCC(=O)N(C)CC(C)(C)CN. The van der Waals surface area contributed by atoms with Crippen molar-refractivity contribution < 1.29 is 14.4 Å². The Hall–Kier alpha value is -1.63. The normalized spacial score (nSPS) is 10.9. The molecule has 0 aromatic rings. The number of nitrogens with one attached hydrogen (secondary N) is 2. The van der Waals surface area contributed by atoms with Crippen LogP contribution in [0.25, 0.3) is 0 Å². The molecule has 0 bridgehead atoms. The van der Waals surface area contributed by atoms with Crippen LogP contribution in [0.1, 0.15) is 33.6 Å². The van der Waals surface area contributed by atoms with Crippen molar-refractivity contribution in [3.8, 4) is 0 Å². The third-order valence-corrected chi connectivity index (χ3v) is 3.03. The van der Waals surface area contributed by atoms with E-state index >= 15 is 0 Å². The molecule has 0 aliphatic rings. The molecule has 0 aromatic carbocycles. The molecule has 122 valence electrons. The third kappa shape index (κ3) is 9.84. The number of carbonyl (C=O) groups is 3. The average molecular weight is 300 g/mol. The Morgan fingerprint density at radius 3 is 2.19 bits per heavy atom. The fraction of sp³-hybridized carbons (Fsp3) is 0.786. The summed E-state index contributed by atoms with van der Waals surface area (Å²) in [4.78, 5) is 35.7. The van der Waals surface area contributed by atoms with Crippen LogP contribution >= 0.6 is 0 Å². The Morgan fingerprint density at radius 1 is 1.10 bits per heavy atom. The van der Waals surface area contributed by atoms with E-state index in [4.69, 9.17) is 5.73 Å². The van der Waals surface area contributed by atoms with Gasteiger partial charge in [0.25, 0.3) is 0 Å². The van der Waals surface area contributed by atoms with Crippen LogP contribution in [0.2, 0.25) is 0 Å². The molecule has 7 nitrogen and oxygen atoms in total. The molecule has 21 heavy (non-hydrogen) atoms. The summed E-state index contributed by atoms with van der Waals surface area (Å²) >= 11 is 0. The molecular formula is C14H28N4O3. The predicted molar refractivity (Wildman–Crippen MR) is 81.4 cm³/mol. The number of nitrogens with two attached hydrogens (primary N) is 1. The van der Waals surface area contributed by atoms with Gasteiger partial charge in [-0.05, 0) is 12.0 Å². The van der Waals surface area contributed by atoms with Gasteiger partial charge in [-0.3, -0.25) is 14.4 Å². The Bertz CT molecular complexity index is 369. The Labute approximate surface area is 126 Å². The van der Waals surface area contributed by atoms with E-state index in [1.165, 1.54) is 6.92 Å². The molecule has 0 atom stereocenters. The van der Waals surface area contributed by atoms with Gasteiger partial charge in [-0.25, -0.2) is 0 Å². The highest BCUT2D eigenvalue weighted by atomic mass is 16.2. The average Bonchev–Trinajstić information content (AvgIpc) is 2.40. The van der Waals surface area contributed by atoms with Crippen molar-refractivity contribution in [1.29, 1.82) is 0 Å². The molecule has 0 spiro atoms. The van der Waals surface area contributed by atoms with Crippen molar-refractivity contribution in [3.05, 3.63) is 0 Å². The fourth-order valence-corrected chi connectivity index (χ4v) is 1.73. The van der Waals surface area contributed by atoms with E-state index in [1.54, 1.807) is 11.9 Å². The molecule has 0 fully saturated rings. The summed E-state index contributed by atoms with van der Waals surface area (Å²) in [6.07, 6.45) is 0.315. The molecule has 0 saturated carbocycles. The number of rotatable bonds is 9. The highest BCUT2D eigenvalue weighted by Crippen LogP contribution is 2.14. The predicted octanol–water partition coefficient (Wildman–Crippen LogP) is -0.538. The second-order valence-electron chi connectivity index (χ2n) is 5.95. The molecule has 0 aliphatic heterocycles. The van der Waals surface area contributed by atoms with Gasteiger partial charge in [-0.2, -0.15) is 0 Å². The smallest absolute Gasteiger partial charge is 0.222 e. The summed E-state index contributed by atoms with van der Waals surface area (Å²) in [7, 11) is 1.72. The lowest BCUT2D eigenvalue weighted by molar-refractivity contribution is -0.133. The van der Waals surface area contributed by atoms with Crippen LogP contribution in [0.15, 0.2) is 0 Å². The van der Waals surface area contributed by atoms with E-state index in [2.05, 4.69) is 10.6 Å². The zero-order valence-electron chi connectivity index (χ0n) is 13.5. The van der Waals surface area contributed by atoms with E-state index in [9.17, 15) is 14.4 Å². The largest absolute Gasteiger partial charge is 0.355 e. The third-order valence-electron chi connectivity index (χ3n) is 3.03. The van der Waals surface area contributed by atoms with Crippen LogP contribution in [-0.4, -0.2) is 55.8 Å². The van der Waals surface area contributed by atoms with Crippen molar-refractivity contribution in [2.24, 2.45) is 11.1 Å². The first-order valence-corrected chi connectivity index (χ1v) is 7.13. The fourth-order valence-electron chi connectivity index (χ4n) is 1.73. The van der Waals surface area contributed by atoms with E-state index in [0.717, 1.165) is 0 Å². The van der Waals surface area contributed by atoms with E-state index in [0.29, 0.717) is 26.2 Å². The molecule has 0 aliphatic carbocycles. The molecule has 4 N–H and O–H groups in total. The van der Waals surface area contributed by atoms with E-state index < -0.39 is 0 Å². The summed E-state index contributed by atoms with van der Waals surface area (Å²) in [5.41, 5.74) is 5.50. The van der Waals surface area contributed by atoms with Crippen LogP contribution in [0, 0.1) is 5.41 Å². The molecule has 3 amide bonds. The summed E-state index contributed by atoms with van der Waals surface area (Å²) in [5, 5.41) is 5.22. The minimum Gasteiger partial charge on any atom is -0.355 e. The molecular weight excluding hydrogens is 272 g/mol. The molecule has 0 aromatic heterocycles. The van der Waals surface area contributed by atoms with Gasteiger partial charge in [0.15, 0.2) is 0 Å². The van der Waals surface area contributed by atoms with Crippen molar-refractivity contribution >= 4 is 17.7 Å². The zero-order chi connectivity index (χ0) is 16.5. The lowest BCUT2D eigenvalue weighted by Gasteiger charge is -2.29. The van der Waals surface area contributed by atoms with Gasteiger partial charge in [0.05, 0.1) is 0 Å². The first-order valence-electron chi connectivity index (χ1n) is 7.13. The van der Waals surface area contributed by atoms with Crippen LogP contribution in [0.5, 0.6) is 0 Å². The van der Waals surface area contributed by atoms with Gasteiger partial charge >= 0.3 is 0 Å². The maximum absolute atomic E-state index is 11.9.